The zero-order valence-electron chi connectivity index (χ0n) is 12.1. The van der Waals surface area contributed by atoms with Gasteiger partial charge in [0.1, 0.15) is 16.4 Å². The molecule has 5 nitrogen and oxygen atoms in total. The lowest BCUT2D eigenvalue weighted by atomic mass is 10.1. The molecule has 3 rings (SSSR count). The van der Waals surface area contributed by atoms with Crippen molar-refractivity contribution >= 4 is 17.2 Å². The van der Waals surface area contributed by atoms with Crippen LogP contribution in [0.4, 0.5) is 0 Å². The molecule has 0 saturated heterocycles. The van der Waals surface area contributed by atoms with Gasteiger partial charge in [0, 0.05) is 11.8 Å². The Labute approximate surface area is 132 Å². The minimum Gasteiger partial charge on any atom is -0.378 e. The molecule has 3 aromatic heterocycles. The molecule has 0 atom stereocenters. The predicted molar refractivity (Wildman–Crippen MR) is 84.4 cm³/mol. The van der Waals surface area contributed by atoms with Crippen molar-refractivity contribution in [3.63, 3.8) is 0 Å². The van der Waals surface area contributed by atoms with Crippen LogP contribution in [-0.4, -0.2) is 30.3 Å². The van der Waals surface area contributed by atoms with Crippen LogP contribution in [0.25, 0.3) is 17.0 Å². The van der Waals surface area contributed by atoms with Gasteiger partial charge >= 0.3 is 0 Å². The molecule has 0 amide bonds. The predicted octanol–water partition coefficient (Wildman–Crippen LogP) is 2.57. The van der Waals surface area contributed by atoms with Crippen LogP contribution in [-0.2, 0) is 0 Å². The SMILES string of the molecule is CC(C)(O)C#Cc1ccnc(-c2cnc3ccc(Cl)nn23)c1. The molecule has 1 N–H and O–H groups in total. The molecule has 0 saturated carbocycles. The number of aliphatic hydroxyl groups is 1. The fraction of sp³-hybridized carbons (Fsp3) is 0.188. The molecule has 0 fully saturated rings. The third kappa shape index (κ3) is 3.08. The van der Waals surface area contributed by atoms with Crippen molar-refractivity contribution in [3.8, 4) is 23.2 Å². The van der Waals surface area contributed by atoms with Gasteiger partial charge in [0.05, 0.1) is 11.9 Å². The summed E-state index contributed by atoms with van der Waals surface area (Å²) in [4.78, 5) is 8.61. The van der Waals surface area contributed by atoms with E-state index in [9.17, 15) is 5.11 Å². The molecule has 0 aromatic carbocycles. The summed E-state index contributed by atoms with van der Waals surface area (Å²) in [5, 5.41) is 14.3. The molecular formula is C16H13ClN4O. The van der Waals surface area contributed by atoms with E-state index in [1.807, 2.05) is 6.07 Å². The van der Waals surface area contributed by atoms with Crippen molar-refractivity contribution < 1.29 is 5.11 Å². The maximum absolute atomic E-state index is 9.68. The average Bonchev–Trinajstić information content (AvgIpc) is 2.88. The Bertz CT molecular complexity index is 900. The van der Waals surface area contributed by atoms with Crippen LogP contribution in [0.2, 0.25) is 5.15 Å². The van der Waals surface area contributed by atoms with Crippen LogP contribution in [0.1, 0.15) is 19.4 Å². The first kappa shape index (κ1) is 14.5. The molecule has 0 aliphatic carbocycles. The molecular weight excluding hydrogens is 300 g/mol. The highest BCUT2D eigenvalue weighted by Crippen LogP contribution is 2.19. The molecule has 3 heterocycles. The zero-order chi connectivity index (χ0) is 15.7. The highest BCUT2D eigenvalue weighted by Gasteiger charge is 2.10. The van der Waals surface area contributed by atoms with Gasteiger partial charge in [0.15, 0.2) is 5.65 Å². The van der Waals surface area contributed by atoms with Gasteiger partial charge in [-0.25, -0.2) is 9.50 Å². The number of imidazole rings is 1. The number of fused-ring (bicyclic) bond motifs is 1. The number of aromatic nitrogens is 4. The average molecular weight is 313 g/mol. The normalized spacial score (nSPS) is 11.3. The molecule has 0 aliphatic rings. The van der Waals surface area contributed by atoms with E-state index in [0.717, 1.165) is 11.3 Å². The number of hydrogen-bond acceptors (Lipinski definition) is 4. The summed E-state index contributed by atoms with van der Waals surface area (Å²) in [6, 6.07) is 7.08. The minimum atomic E-state index is -1.04. The fourth-order valence-corrected chi connectivity index (χ4v) is 2.04. The van der Waals surface area contributed by atoms with Crippen molar-refractivity contribution in [2.45, 2.75) is 19.4 Å². The Morgan fingerprint density at radius 2 is 2.05 bits per heavy atom. The van der Waals surface area contributed by atoms with E-state index < -0.39 is 5.60 Å². The Kier molecular flexibility index (Phi) is 3.57. The van der Waals surface area contributed by atoms with E-state index in [-0.39, 0.29) is 0 Å². The standard InChI is InChI=1S/C16H13ClN4O/c1-16(2,22)7-5-11-6-8-18-12(9-11)13-10-19-15-4-3-14(17)20-21(13)15/h3-4,6,8-10,22H,1-2H3. The second-order valence-electron chi connectivity index (χ2n) is 5.31. The Hall–Kier alpha value is -2.42. The monoisotopic (exact) mass is 312 g/mol. The molecule has 0 spiro atoms. The lowest BCUT2D eigenvalue weighted by molar-refractivity contribution is 0.143. The van der Waals surface area contributed by atoms with Gasteiger partial charge in [0.2, 0.25) is 0 Å². The highest BCUT2D eigenvalue weighted by atomic mass is 35.5. The summed E-state index contributed by atoms with van der Waals surface area (Å²) in [6.07, 6.45) is 3.35. The number of pyridine rings is 1. The maximum Gasteiger partial charge on any atom is 0.154 e. The maximum atomic E-state index is 9.68. The van der Waals surface area contributed by atoms with Crippen LogP contribution in [0.5, 0.6) is 0 Å². The van der Waals surface area contributed by atoms with Gasteiger partial charge in [-0.2, -0.15) is 5.10 Å². The third-order valence-electron chi connectivity index (χ3n) is 2.86. The largest absolute Gasteiger partial charge is 0.378 e. The first-order valence-corrected chi connectivity index (χ1v) is 7.02. The number of halogens is 1. The molecule has 0 radical (unpaired) electrons. The van der Waals surface area contributed by atoms with Gasteiger partial charge in [-0.05, 0) is 38.1 Å². The van der Waals surface area contributed by atoms with Gasteiger partial charge in [-0.3, -0.25) is 4.98 Å². The summed E-state index contributed by atoms with van der Waals surface area (Å²) in [5.41, 5.74) is 1.81. The van der Waals surface area contributed by atoms with Gasteiger partial charge < -0.3 is 5.11 Å². The molecule has 6 heteroatoms. The van der Waals surface area contributed by atoms with Crippen LogP contribution >= 0.6 is 11.6 Å². The molecule has 110 valence electrons. The second-order valence-corrected chi connectivity index (χ2v) is 5.70. The van der Waals surface area contributed by atoms with E-state index in [4.69, 9.17) is 11.6 Å². The van der Waals surface area contributed by atoms with Crippen molar-refractivity contribution in [3.05, 3.63) is 47.4 Å². The quantitative estimate of drug-likeness (QED) is 0.701. The number of nitrogens with zero attached hydrogens (tertiary/aromatic N) is 4. The van der Waals surface area contributed by atoms with Crippen LogP contribution < -0.4 is 0 Å². The summed E-state index contributed by atoms with van der Waals surface area (Å²) >= 11 is 5.94. The summed E-state index contributed by atoms with van der Waals surface area (Å²) in [7, 11) is 0. The third-order valence-corrected chi connectivity index (χ3v) is 3.07. The number of hydrogen-bond donors (Lipinski definition) is 1. The van der Waals surface area contributed by atoms with Crippen molar-refractivity contribution in [2.24, 2.45) is 0 Å². The van der Waals surface area contributed by atoms with E-state index in [0.29, 0.717) is 16.5 Å². The lowest BCUT2D eigenvalue weighted by Crippen LogP contribution is -2.14. The Morgan fingerprint density at radius 3 is 2.82 bits per heavy atom. The van der Waals surface area contributed by atoms with E-state index in [1.165, 1.54) is 0 Å². The number of rotatable bonds is 1. The van der Waals surface area contributed by atoms with Crippen LogP contribution in [0, 0.1) is 11.8 Å². The lowest BCUT2D eigenvalue weighted by Gasteiger charge is -2.06. The van der Waals surface area contributed by atoms with E-state index in [2.05, 4.69) is 26.9 Å². The molecule has 0 unspecified atom stereocenters. The van der Waals surface area contributed by atoms with Gasteiger partial charge in [-0.15, -0.1) is 0 Å². The first-order valence-electron chi connectivity index (χ1n) is 6.65. The van der Waals surface area contributed by atoms with E-state index >= 15 is 0 Å². The van der Waals surface area contributed by atoms with Gasteiger partial charge in [-0.1, -0.05) is 23.4 Å². The van der Waals surface area contributed by atoms with Crippen LogP contribution in [0.3, 0.4) is 0 Å². The molecule has 22 heavy (non-hydrogen) atoms. The highest BCUT2D eigenvalue weighted by molar-refractivity contribution is 6.29. The van der Waals surface area contributed by atoms with Crippen molar-refractivity contribution in [2.75, 3.05) is 0 Å². The summed E-state index contributed by atoms with van der Waals surface area (Å²) < 4.78 is 1.64. The smallest absolute Gasteiger partial charge is 0.154 e. The van der Waals surface area contributed by atoms with E-state index in [1.54, 1.807) is 49.0 Å². The van der Waals surface area contributed by atoms with Gasteiger partial charge in [0.25, 0.3) is 0 Å². The summed E-state index contributed by atoms with van der Waals surface area (Å²) in [5.74, 6) is 5.71. The molecule has 0 aliphatic heterocycles. The second kappa shape index (κ2) is 5.41. The molecule has 3 aromatic rings. The Morgan fingerprint density at radius 1 is 1.23 bits per heavy atom. The van der Waals surface area contributed by atoms with Crippen LogP contribution in [0.15, 0.2) is 36.7 Å². The minimum absolute atomic E-state index is 0.379. The zero-order valence-corrected chi connectivity index (χ0v) is 12.8. The van der Waals surface area contributed by atoms with Crippen molar-refractivity contribution in [1.82, 2.24) is 19.6 Å². The Balaban J connectivity index is 2.07. The first-order chi connectivity index (χ1) is 10.4. The summed E-state index contributed by atoms with van der Waals surface area (Å²) in [6.45, 7) is 3.27. The fourth-order valence-electron chi connectivity index (χ4n) is 1.90. The van der Waals surface area contributed by atoms with Crippen molar-refractivity contribution in [1.29, 1.82) is 0 Å². The topological polar surface area (TPSA) is 63.3 Å². The molecule has 0 bridgehead atoms.